The van der Waals surface area contributed by atoms with Gasteiger partial charge in [-0.15, -0.1) is 0 Å². The number of benzene rings is 2. The van der Waals surface area contributed by atoms with E-state index >= 15 is 0 Å². The highest BCUT2D eigenvalue weighted by molar-refractivity contribution is 5.92. The first-order valence-corrected chi connectivity index (χ1v) is 14.3. The summed E-state index contributed by atoms with van der Waals surface area (Å²) in [6, 6.07) is 16.9. The Hall–Kier alpha value is -3.90. The van der Waals surface area contributed by atoms with Crippen LogP contribution < -0.4 is 10.2 Å². The molecule has 5 rings (SSSR count). The van der Waals surface area contributed by atoms with Crippen LogP contribution in [0, 0.1) is 5.92 Å². The Labute approximate surface area is 245 Å². The number of hydrogen-bond donors (Lipinski definition) is 3. The minimum atomic E-state index is -1.01. The molecule has 2 aromatic carbocycles. The molecule has 222 valence electrons. The van der Waals surface area contributed by atoms with E-state index in [1.165, 1.54) is 0 Å². The van der Waals surface area contributed by atoms with Crippen molar-refractivity contribution < 1.29 is 29.3 Å². The summed E-state index contributed by atoms with van der Waals surface area (Å²) in [4.78, 5) is 36.2. The maximum atomic E-state index is 12.1. The van der Waals surface area contributed by atoms with Gasteiger partial charge in [0.15, 0.2) is 6.29 Å². The first-order chi connectivity index (χ1) is 20.4. The molecule has 1 amide bonds. The van der Waals surface area contributed by atoms with Crippen LogP contribution >= 0.6 is 0 Å². The van der Waals surface area contributed by atoms with E-state index in [0.29, 0.717) is 5.69 Å². The van der Waals surface area contributed by atoms with Gasteiger partial charge in [-0.2, -0.15) is 0 Å². The van der Waals surface area contributed by atoms with Gasteiger partial charge in [-0.05, 0) is 29.3 Å². The minimum absolute atomic E-state index is 0.0189. The fourth-order valence-corrected chi connectivity index (χ4v) is 5.34. The molecule has 2 aliphatic heterocycles. The number of aliphatic carboxylic acids is 1. The molecule has 0 saturated carbocycles. The van der Waals surface area contributed by atoms with Crippen molar-refractivity contribution in [2.24, 2.45) is 5.92 Å². The molecule has 0 radical (unpaired) electrons. The largest absolute Gasteiger partial charge is 0.481 e. The van der Waals surface area contributed by atoms with Gasteiger partial charge >= 0.3 is 5.97 Å². The van der Waals surface area contributed by atoms with Gasteiger partial charge in [-0.3, -0.25) is 14.5 Å². The molecule has 11 nitrogen and oxygen atoms in total. The van der Waals surface area contributed by atoms with Crippen molar-refractivity contribution in [1.82, 2.24) is 14.9 Å². The standard InChI is InChI=1S/C31H37N5O6/c1-21-26(19-35-15-17-36(18-16-35)31-32-13-2-14-33-31)41-30(42-29(21)23-5-3-22(20-37)4-6-23)24-7-9-25(10-8-24)34-27(38)11-12-28(39)40/h2-10,13-14,21,26,29-30,37H,11-12,15-20H2,1H3,(H,34,38)(H,39,40)/t21-,26+,29+,30+/m0/s1. The number of rotatable bonds is 10. The van der Waals surface area contributed by atoms with Crippen LogP contribution in [0.3, 0.4) is 0 Å². The zero-order chi connectivity index (χ0) is 29.5. The number of carbonyl (C=O) groups excluding carboxylic acids is 1. The van der Waals surface area contributed by atoms with E-state index in [4.69, 9.17) is 14.6 Å². The van der Waals surface area contributed by atoms with Gasteiger partial charge < -0.3 is 29.9 Å². The molecule has 0 bridgehead atoms. The summed E-state index contributed by atoms with van der Waals surface area (Å²) in [5.41, 5.74) is 3.25. The first-order valence-electron chi connectivity index (χ1n) is 14.3. The lowest BCUT2D eigenvalue weighted by atomic mass is 9.90. The SMILES string of the molecule is C[C@H]1[C@@H](CN2CCN(c3ncccn3)CC2)O[C@@H](c2ccc(NC(=O)CCC(=O)O)cc2)O[C@H]1c1ccc(CO)cc1. The Morgan fingerprint density at radius 3 is 2.24 bits per heavy atom. The highest BCUT2D eigenvalue weighted by atomic mass is 16.7. The Bertz CT molecular complexity index is 1320. The second kappa shape index (κ2) is 13.8. The number of carboxylic acids is 1. The van der Waals surface area contributed by atoms with E-state index in [1.54, 1.807) is 24.5 Å². The molecule has 0 aliphatic carbocycles. The van der Waals surface area contributed by atoms with E-state index < -0.39 is 12.3 Å². The highest BCUT2D eigenvalue weighted by Gasteiger charge is 2.39. The quantitative estimate of drug-likeness (QED) is 0.330. The van der Waals surface area contributed by atoms with Crippen molar-refractivity contribution in [1.29, 1.82) is 0 Å². The lowest BCUT2D eigenvalue weighted by Crippen LogP contribution is -2.51. The highest BCUT2D eigenvalue weighted by Crippen LogP contribution is 2.42. The molecular formula is C31H37N5O6. The summed E-state index contributed by atoms with van der Waals surface area (Å²) >= 11 is 0. The second-order valence-corrected chi connectivity index (χ2v) is 10.7. The normalized spacial score (nSPS) is 23.0. The Kier molecular flexibility index (Phi) is 9.75. The van der Waals surface area contributed by atoms with E-state index in [-0.39, 0.29) is 43.5 Å². The summed E-state index contributed by atoms with van der Waals surface area (Å²) in [5, 5.41) is 21.1. The number of hydrogen-bond acceptors (Lipinski definition) is 9. The summed E-state index contributed by atoms with van der Waals surface area (Å²) in [6.45, 7) is 6.26. The van der Waals surface area contributed by atoms with Crippen LogP contribution in [0.1, 0.15) is 48.8 Å². The van der Waals surface area contributed by atoms with E-state index in [1.807, 2.05) is 42.5 Å². The molecule has 2 aliphatic rings. The van der Waals surface area contributed by atoms with Crippen molar-refractivity contribution in [3.05, 3.63) is 83.7 Å². The predicted molar refractivity (Wildman–Crippen MR) is 156 cm³/mol. The molecule has 2 fully saturated rings. The molecule has 0 spiro atoms. The lowest BCUT2D eigenvalue weighted by molar-refractivity contribution is -0.276. The Morgan fingerprint density at radius 2 is 1.60 bits per heavy atom. The second-order valence-electron chi connectivity index (χ2n) is 10.7. The molecule has 3 heterocycles. The molecule has 11 heteroatoms. The Balaban J connectivity index is 1.28. The third-order valence-corrected chi connectivity index (χ3v) is 7.80. The molecule has 3 N–H and O–H groups in total. The van der Waals surface area contributed by atoms with E-state index in [2.05, 4.69) is 32.0 Å². The molecular weight excluding hydrogens is 538 g/mol. The molecule has 2 saturated heterocycles. The number of piperazine rings is 1. The number of ether oxygens (including phenoxy) is 2. The number of amides is 1. The van der Waals surface area contributed by atoms with Crippen LogP contribution in [0.2, 0.25) is 0 Å². The number of aliphatic hydroxyl groups excluding tert-OH is 1. The monoisotopic (exact) mass is 575 g/mol. The average Bonchev–Trinajstić information content (AvgIpc) is 3.02. The van der Waals surface area contributed by atoms with Crippen molar-refractivity contribution in [2.75, 3.05) is 42.9 Å². The molecule has 3 aromatic rings. The predicted octanol–water partition coefficient (Wildman–Crippen LogP) is 3.39. The van der Waals surface area contributed by atoms with E-state index in [9.17, 15) is 14.7 Å². The molecule has 1 aromatic heterocycles. The summed E-state index contributed by atoms with van der Waals surface area (Å²) in [5.74, 6) is -0.552. The van der Waals surface area contributed by atoms with Gasteiger partial charge in [0.25, 0.3) is 0 Å². The van der Waals surface area contributed by atoms with Crippen LogP contribution in [0.25, 0.3) is 0 Å². The number of anilines is 2. The fourth-order valence-electron chi connectivity index (χ4n) is 5.34. The number of carbonyl (C=O) groups is 2. The minimum Gasteiger partial charge on any atom is -0.481 e. The topological polar surface area (TPSA) is 137 Å². The number of carboxylic acid groups (broad SMARTS) is 1. The van der Waals surface area contributed by atoms with Crippen molar-refractivity contribution in [2.45, 2.75) is 44.9 Å². The summed E-state index contributed by atoms with van der Waals surface area (Å²) < 4.78 is 13.1. The number of aliphatic hydroxyl groups is 1. The van der Waals surface area contributed by atoms with Crippen LogP contribution in [-0.2, 0) is 25.7 Å². The van der Waals surface area contributed by atoms with Crippen LogP contribution in [-0.4, -0.2) is 75.8 Å². The van der Waals surface area contributed by atoms with Crippen molar-refractivity contribution in [3.63, 3.8) is 0 Å². The number of nitrogens with zero attached hydrogens (tertiary/aromatic N) is 4. The van der Waals surface area contributed by atoms with Crippen LogP contribution in [0.5, 0.6) is 0 Å². The van der Waals surface area contributed by atoms with Gasteiger partial charge in [0, 0.05) is 68.7 Å². The van der Waals surface area contributed by atoms with E-state index in [0.717, 1.165) is 55.4 Å². The summed E-state index contributed by atoms with van der Waals surface area (Å²) in [7, 11) is 0. The van der Waals surface area contributed by atoms with Gasteiger partial charge in [0.1, 0.15) is 0 Å². The maximum Gasteiger partial charge on any atom is 0.303 e. The van der Waals surface area contributed by atoms with Crippen LogP contribution in [0.4, 0.5) is 11.6 Å². The molecule has 42 heavy (non-hydrogen) atoms. The number of aromatic nitrogens is 2. The Morgan fingerprint density at radius 1 is 0.929 bits per heavy atom. The van der Waals surface area contributed by atoms with Gasteiger partial charge in [-0.1, -0.05) is 43.3 Å². The lowest BCUT2D eigenvalue weighted by Gasteiger charge is -2.44. The zero-order valence-corrected chi connectivity index (χ0v) is 23.6. The van der Waals surface area contributed by atoms with Gasteiger partial charge in [0.05, 0.1) is 25.2 Å². The average molecular weight is 576 g/mol. The summed E-state index contributed by atoms with van der Waals surface area (Å²) in [6.07, 6.45) is 2.26. The van der Waals surface area contributed by atoms with Crippen molar-refractivity contribution >= 4 is 23.5 Å². The first kappa shape index (κ1) is 29.6. The third kappa shape index (κ3) is 7.48. The smallest absolute Gasteiger partial charge is 0.303 e. The fraction of sp³-hybridized carbons (Fsp3) is 0.419. The third-order valence-electron chi connectivity index (χ3n) is 7.80. The van der Waals surface area contributed by atoms with Crippen LogP contribution in [0.15, 0.2) is 67.0 Å². The number of nitrogens with one attached hydrogen (secondary N) is 1. The van der Waals surface area contributed by atoms with Gasteiger partial charge in [0.2, 0.25) is 11.9 Å². The molecule has 0 unspecified atom stereocenters. The molecule has 4 atom stereocenters. The zero-order valence-electron chi connectivity index (χ0n) is 23.6. The van der Waals surface area contributed by atoms with Crippen molar-refractivity contribution in [3.8, 4) is 0 Å². The van der Waals surface area contributed by atoms with Gasteiger partial charge in [-0.25, -0.2) is 9.97 Å². The maximum absolute atomic E-state index is 12.1.